The van der Waals surface area contributed by atoms with Crippen molar-refractivity contribution >= 4 is 23.1 Å². The number of nitrogens with zero attached hydrogens (tertiary/aromatic N) is 2. The van der Waals surface area contributed by atoms with Gasteiger partial charge in [-0.3, -0.25) is 0 Å². The Labute approximate surface area is 104 Å². The molecule has 0 radical (unpaired) electrons. The van der Waals surface area contributed by atoms with E-state index in [0.29, 0.717) is 11.5 Å². The number of nitrogens with one attached hydrogen (secondary N) is 1. The van der Waals surface area contributed by atoms with E-state index >= 15 is 0 Å². The quantitative estimate of drug-likeness (QED) is 0.886. The maximum Gasteiger partial charge on any atom is 0.172 e. The molecular formula is C12H11ClFN3. The van der Waals surface area contributed by atoms with E-state index in [2.05, 4.69) is 15.3 Å². The molecule has 0 atom stereocenters. The second-order valence-corrected chi connectivity index (χ2v) is 4.00. The van der Waals surface area contributed by atoms with Crippen LogP contribution in [0.25, 0.3) is 0 Å². The first-order valence-electron chi connectivity index (χ1n) is 5.10. The molecule has 2 aromatic rings. The fourth-order valence-corrected chi connectivity index (χ4v) is 1.56. The summed E-state index contributed by atoms with van der Waals surface area (Å²) in [6.45, 7) is 3.65. The number of hydrogen-bond donors (Lipinski definition) is 1. The second kappa shape index (κ2) is 4.67. The zero-order valence-corrected chi connectivity index (χ0v) is 10.2. The molecule has 0 bridgehead atoms. The van der Waals surface area contributed by atoms with Crippen molar-refractivity contribution in [2.45, 2.75) is 13.8 Å². The van der Waals surface area contributed by atoms with Crippen molar-refractivity contribution in [2.75, 3.05) is 5.32 Å². The van der Waals surface area contributed by atoms with Gasteiger partial charge >= 0.3 is 0 Å². The first kappa shape index (κ1) is 11.8. The summed E-state index contributed by atoms with van der Waals surface area (Å²) in [7, 11) is 0. The van der Waals surface area contributed by atoms with Crippen molar-refractivity contribution in [2.24, 2.45) is 0 Å². The third kappa shape index (κ3) is 2.53. The van der Waals surface area contributed by atoms with Gasteiger partial charge in [0.05, 0.1) is 17.1 Å². The molecule has 1 aromatic heterocycles. The van der Waals surface area contributed by atoms with Gasteiger partial charge in [0.25, 0.3) is 0 Å². The van der Waals surface area contributed by atoms with Crippen LogP contribution in [0.2, 0.25) is 5.15 Å². The van der Waals surface area contributed by atoms with Crippen LogP contribution in [0.15, 0.2) is 24.3 Å². The Balaban J connectivity index is 2.37. The minimum absolute atomic E-state index is 0.233. The standard InChI is InChI=1S/C12H11ClFN3/c1-7-8(2)16-12(11(13)15-7)17-10-6-4-3-5-9(10)14/h3-6H,1-2H3,(H,16,17). The lowest BCUT2D eigenvalue weighted by Crippen LogP contribution is -2.01. The fourth-order valence-electron chi connectivity index (χ4n) is 1.35. The summed E-state index contributed by atoms with van der Waals surface area (Å²) in [5.41, 5.74) is 1.84. The van der Waals surface area contributed by atoms with Crippen molar-refractivity contribution in [1.29, 1.82) is 0 Å². The summed E-state index contributed by atoms with van der Waals surface area (Å²) in [4.78, 5) is 8.35. The van der Waals surface area contributed by atoms with Crippen molar-refractivity contribution in [3.63, 3.8) is 0 Å². The molecule has 17 heavy (non-hydrogen) atoms. The summed E-state index contributed by atoms with van der Waals surface area (Å²) in [6.07, 6.45) is 0. The third-order valence-corrected chi connectivity index (χ3v) is 2.65. The van der Waals surface area contributed by atoms with E-state index in [1.165, 1.54) is 6.07 Å². The molecule has 2 rings (SSSR count). The number of rotatable bonds is 2. The Kier molecular flexibility index (Phi) is 3.24. The molecule has 0 saturated heterocycles. The zero-order valence-electron chi connectivity index (χ0n) is 9.46. The number of aryl methyl sites for hydroxylation is 2. The molecule has 5 heteroatoms. The van der Waals surface area contributed by atoms with Gasteiger partial charge in [-0.15, -0.1) is 0 Å². The van der Waals surface area contributed by atoms with Gasteiger partial charge in [-0.05, 0) is 26.0 Å². The van der Waals surface area contributed by atoms with Crippen molar-refractivity contribution in [3.8, 4) is 0 Å². The van der Waals surface area contributed by atoms with E-state index in [-0.39, 0.29) is 11.0 Å². The van der Waals surface area contributed by atoms with Gasteiger partial charge in [-0.25, -0.2) is 14.4 Å². The molecule has 0 aliphatic carbocycles. The Bertz CT molecular complexity index is 557. The molecule has 0 amide bonds. The minimum atomic E-state index is -0.358. The predicted octanol–water partition coefficient (Wildman–Crippen LogP) is 3.63. The summed E-state index contributed by atoms with van der Waals surface area (Å²) >= 11 is 5.95. The lowest BCUT2D eigenvalue weighted by molar-refractivity contribution is 0.632. The molecule has 0 aliphatic rings. The predicted molar refractivity (Wildman–Crippen MR) is 66.2 cm³/mol. The molecule has 0 aliphatic heterocycles. The lowest BCUT2D eigenvalue weighted by Gasteiger charge is -2.09. The van der Waals surface area contributed by atoms with Gasteiger partial charge in [-0.1, -0.05) is 23.7 Å². The van der Waals surface area contributed by atoms with Crippen molar-refractivity contribution in [3.05, 3.63) is 46.6 Å². The summed E-state index contributed by atoms with van der Waals surface area (Å²) in [5, 5.41) is 3.06. The smallest absolute Gasteiger partial charge is 0.172 e. The minimum Gasteiger partial charge on any atom is -0.335 e. The molecular weight excluding hydrogens is 241 g/mol. The largest absolute Gasteiger partial charge is 0.335 e. The van der Waals surface area contributed by atoms with E-state index < -0.39 is 0 Å². The van der Waals surface area contributed by atoms with E-state index in [4.69, 9.17) is 11.6 Å². The van der Waals surface area contributed by atoms with Gasteiger partial charge in [0, 0.05) is 0 Å². The number of anilines is 2. The Morgan fingerprint density at radius 1 is 1.12 bits per heavy atom. The maximum absolute atomic E-state index is 13.4. The van der Waals surface area contributed by atoms with Crippen LogP contribution in [-0.4, -0.2) is 9.97 Å². The average Bonchev–Trinajstić information content (AvgIpc) is 2.29. The topological polar surface area (TPSA) is 37.8 Å². The SMILES string of the molecule is Cc1nc(Cl)c(Nc2ccccc2F)nc1C. The highest BCUT2D eigenvalue weighted by Gasteiger charge is 2.09. The Morgan fingerprint density at radius 3 is 2.47 bits per heavy atom. The van der Waals surface area contributed by atoms with Crippen LogP contribution in [0.1, 0.15) is 11.4 Å². The molecule has 0 fully saturated rings. The number of hydrogen-bond acceptors (Lipinski definition) is 3. The Morgan fingerprint density at radius 2 is 1.76 bits per heavy atom. The van der Waals surface area contributed by atoms with E-state index in [0.717, 1.165) is 11.4 Å². The number of para-hydroxylation sites is 1. The molecule has 0 saturated carbocycles. The highest BCUT2D eigenvalue weighted by molar-refractivity contribution is 6.31. The summed E-state index contributed by atoms with van der Waals surface area (Å²) in [5.74, 6) is 0.00320. The van der Waals surface area contributed by atoms with Gasteiger partial charge in [0.15, 0.2) is 11.0 Å². The molecule has 3 nitrogen and oxygen atoms in total. The lowest BCUT2D eigenvalue weighted by atomic mass is 10.3. The molecule has 1 N–H and O–H groups in total. The zero-order chi connectivity index (χ0) is 12.4. The Hall–Kier alpha value is -1.68. The van der Waals surface area contributed by atoms with Crippen LogP contribution < -0.4 is 5.32 Å². The highest BCUT2D eigenvalue weighted by Crippen LogP contribution is 2.24. The van der Waals surface area contributed by atoms with Gasteiger partial charge < -0.3 is 5.32 Å². The van der Waals surface area contributed by atoms with Crippen LogP contribution in [-0.2, 0) is 0 Å². The van der Waals surface area contributed by atoms with Gasteiger partial charge in [0.1, 0.15) is 5.82 Å². The molecule has 1 aromatic carbocycles. The number of benzene rings is 1. The second-order valence-electron chi connectivity index (χ2n) is 3.64. The van der Waals surface area contributed by atoms with Gasteiger partial charge in [0.2, 0.25) is 0 Å². The van der Waals surface area contributed by atoms with Crippen LogP contribution in [0.5, 0.6) is 0 Å². The van der Waals surface area contributed by atoms with E-state index in [9.17, 15) is 4.39 Å². The van der Waals surface area contributed by atoms with Crippen LogP contribution in [0.4, 0.5) is 15.9 Å². The third-order valence-electron chi connectivity index (χ3n) is 2.39. The van der Waals surface area contributed by atoms with E-state index in [1.807, 2.05) is 13.8 Å². The van der Waals surface area contributed by atoms with Gasteiger partial charge in [-0.2, -0.15) is 0 Å². The molecule has 0 unspecified atom stereocenters. The number of halogens is 2. The first-order valence-corrected chi connectivity index (χ1v) is 5.48. The molecule has 88 valence electrons. The fraction of sp³-hybridized carbons (Fsp3) is 0.167. The van der Waals surface area contributed by atoms with Crippen molar-refractivity contribution < 1.29 is 4.39 Å². The number of aromatic nitrogens is 2. The first-order chi connectivity index (χ1) is 8.08. The van der Waals surface area contributed by atoms with Crippen LogP contribution >= 0.6 is 11.6 Å². The van der Waals surface area contributed by atoms with Crippen LogP contribution in [0.3, 0.4) is 0 Å². The molecule has 0 spiro atoms. The summed E-state index contributed by atoms with van der Waals surface area (Å²) in [6, 6.07) is 6.33. The van der Waals surface area contributed by atoms with E-state index in [1.54, 1.807) is 18.2 Å². The normalized spacial score (nSPS) is 10.4. The highest BCUT2D eigenvalue weighted by atomic mass is 35.5. The monoisotopic (exact) mass is 251 g/mol. The molecule has 1 heterocycles. The maximum atomic E-state index is 13.4. The van der Waals surface area contributed by atoms with Crippen molar-refractivity contribution in [1.82, 2.24) is 9.97 Å². The summed E-state index contributed by atoms with van der Waals surface area (Å²) < 4.78 is 13.4. The van der Waals surface area contributed by atoms with Crippen LogP contribution in [0, 0.1) is 19.7 Å². The average molecular weight is 252 g/mol.